The molecule has 0 spiro atoms. The molecule has 110 valence electrons. The van der Waals surface area contributed by atoms with Gasteiger partial charge in [0.05, 0.1) is 0 Å². The number of hydrogen-bond donors (Lipinski definition) is 1. The van der Waals surface area contributed by atoms with E-state index < -0.39 is 5.97 Å². The maximum absolute atomic E-state index is 11.7. The first-order chi connectivity index (χ1) is 9.50. The van der Waals surface area contributed by atoms with Crippen LogP contribution in [0, 0.1) is 5.92 Å². The van der Waals surface area contributed by atoms with Gasteiger partial charge in [-0.15, -0.1) is 0 Å². The van der Waals surface area contributed by atoms with E-state index in [0.717, 1.165) is 19.5 Å². The molecule has 2 rings (SSSR count). The molecule has 20 heavy (non-hydrogen) atoms. The third kappa shape index (κ3) is 3.19. The topological polar surface area (TPSA) is 43.8 Å². The first-order valence-electron chi connectivity index (χ1n) is 7.19. The zero-order chi connectivity index (χ0) is 14.7. The Hall–Kier alpha value is -1.39. The van der Waals surface area contributed by atoms with Crippen molar-refractivity contribution in [1.82, 2.24) is 9.80 Å². The maximum atomic E-state index is 11.7. The summed E-state index contributed by atoms with van der Waals surface area (Å²) in [5.41, 5.74) is 1.18. The van der Waals surface area contributed by atoms with Crippen LogP contribution < -0.4 is 0 Å². The Kier molecular flexibility index (Phi) is 4.78. The first-order valence-corrected chi connectivity index (χ1v) is 7.19. The molecular weight excluding hydrogens is 252 g/mol. The van der Waals surface area contributed by atoms with E-state index >= 15 is 0 Å². The molecule has 1 aromatic rings. The van der Waals surface area contributed by atoms with E-state index in [1.807, 2.05) is 32.3 Å². The fraction of sp³-hybridized carbons (Fsp3) is 0.562. The molecule has 3 atom stereocenters. The van der Waals surface area contributed by atoms with Crippen molar-refractivity contribution < 1.29 is 9.90 Å². The van der Waals surface area contributed by atoms with Crippen LogP contribution in [0.4, 0.5) is 0 Å². The molecule has 1 aromatic carbocycles. The molecule has 1 saturated heterocycles. The summed E-state index contributed by atoms with van der Waals surface area (Å²) in [5, 5.41) is 9.60. The van der Waals surface area contributed by atoms with Crippen molar-refractivity contribution in [2.45, 2.75) is 25.4 Å². The standard InChI is InChI=1S/C16H24N2O2/c1-12(13-7-5-4-6-8-13)18-10-9-14(11-17(2)3)15(18)16(19)20/h4-8,12,14-15H,9-11H2,1-3H3,(H,19,20)/t12-,14-,15-/m0/s1. The Morgan fingerprint density at radius 1 is 1.40 bits per heavy atom. The summed E-state index contributed by atoms with van der Waals surface area (Å²) < 4.78 is 0. The van der Waals surface area contributed by atoms with Crippen molar-refractivity contribution in [3.63, 3.8) is 0 Å². The lowest BCUT2D eigenvalue weighted by Gasteiger charge is -2.31. The van der Waals surface area contributed by atoms with Crippen molar-refractivity contribution in [3.8, 4) is 0 Å². The molecule has 4 heteroatoms. The highest BCUT2D eigenvalue weighted by molar-refractivity contribution is 5.74. The van der Waals surface area contributed by atoms with E-state index in [1.165, 1.54) is 5.56 Å². The predicted molar refractivity (Wildman–Crippen MR) is 79.6 cm³/mol. The molecule has 0 aromatic heterocycles. The number of carboxylic acid groups (broad SMARTS) is 1. The van der Waals surface area contributed by atoms with Gasteiger partial charge in [0.15, 0.2) is 0 Å². The van der Waals surface area contributed by atoms with Gasteiger partial charge in [0.2, 0.25) is 0 Å². The molecule has 1 aliphatic heterocycles. The Bertz CT molecular complexity index is 447. The van der Waals surface area contributed by atoms with Gasteiger partial charge in [-0.3, -0.25) is 9.69 Å². The van der Waals surface area contributed by atoms with Crippen molar-refractivity contribution >= 4 is 5.97 Å². The van der Waals surface area contributed by atoms with Crippen molar-refractivity contribution in [2.75, 3.05) is 27.2 Å². The Morgan fingerprint density at radius 2 is 2.05 bits per heavy atom. The van der Waals surface area contributed by atoms with Crippen LogP contribution in [0.15, 0.2) is 30.3 Å². The molecule has 0 radical (unpaired) electrons. The minimum absolute atomic E-state index is 0.143. The highest BCUT2D eigenvalue weighted by Crippen LogP contribution is 2.33. The molecule has 0 saturated carbocycles. The van der Waals surface area contributed by atoms with Gasteiger partial charge in [0.25, 0.3) is 0 Å². The number of benzene rings is 1. The fourth-order valence-electron chi connectivity index (χ4n) is 3.24. The number of aliphatic carboxylic acids is 1. The van der Waals surface area contributed by atoms with Gasteiger partial charge in [0, 0.05) is 12.6 Å². The maximum Gasteiger partial charge on any atom is 0.321 e. The van der Waals surface area contributed by atoms with Gasteiger partial charge in [-0.1, -0.05) is 30.3 Å². The van der Waals surface area contributed by atoms with E-state index in [0.29, 0.717) is 0 Å². The lowest BCUT2D eigenvalue weighted by atomic mass is 9.98. The van der Waals surface area contributed by atoms with Crippen LogP contribution in [-0.2, 0) is 4.79 Å². The number of likely N-dealkylation sites (tertiary alicyclic amines) is 1. The van der Waals surface area contributed by atoms with Crippen molar-refractivity contribution in [3.05, 3.63) is 35.9 Å². The van der Waals surface area contributed by atoms with Crippen LogP contribution >= 0.6 is 0 Å². The van der Waals surface area contributed by atoms with Crippen LogP contribution in [0.25, 0.3) is 0 Å². The number of carbonyl (C=O) groups is 1. The van der Waals surface area contributed by atoms with Gasteiger partial charge >= 0.3 is 5.97 Å². The molecule has 4 nitrogen and oxygen atoms in total. The Labute approximate surface area is 121 Å². The summed E-state index contributed by atoms with van der Waals surface area (Å²) in [6.07, 6.45) is 0.951. The third-order valence-corrected chi connectivity index (χ3v) is 4.19. The molecule has 1 fully saturated rings. The zero-order valence-corrected chi connectivity index (χ0v) is 12.5. The van der Waals surface area contributed by atoms with Crippen LogP contribution in [0.1, 0.15) is 24.9 Å². The molecule has 1 N–H and O–H groups in total. The summed E-state index contributed by atoms with van der Waals surface area (Å²) in [4.78, 5) is 15.9. The second-order valence-electron chi connectivity index (χ2n) is 5.92. The largest absolute Gasteiger partial charge is 0.480 e. The van der Waals surface area contributed by atoms with Crippen LogP contribution in [0.3, 0.4) is 0 Å². The summed E-state index contributed by atoms with van der Waals surface area (Å²) in [5.74, 6) is -0.495. The highest BCUT2D eigenvalue weighted by Gasteiger charge is 2.41. The minimum atomic E-state index is -0.697. The molecule has 1 aliphatic rings. The normalized spacial score (nSPS) is 25.0. The Morgan fingerprint density at radius 3 is 2.60 bits per heavy atom. The van der Waals surface area contributed by atoms with Crippen LogP contribution in [-0.4, -0.2) is 54.1 Å². The molecule has 1 heterocycles. The second kappa shape index (κ2) is 6.37. The SMILES string of the molecule is C[C@@H](c1ccccc1)N1CC[C@@H](CN(C)C)[C@H]1C(=O)O. The highest BCUT2D eigenvalue weighted by atomic mass is 16.4. The molecular formula is C16H24N2O2. The van der Waals surface area contributed by atoms with E-state index in [9.17, 15) is 9.90 Å². The van der Waals surface area contributed by atoms with Gasteiger partial charge in [0.1, 0.15) is 6.04 Å². The average molecular weight is 276 g/mol. The average Bonchev–Trinajstić information content (AvgIpc) is 2.81. The predicted octanol–water partition coefficient (Wildman–Crippen LogP) is 2.08. The number of hydrogen-bond acceptors (Lipinski definition) is 3. The van der Waals surface area contributed by atoms with Gasteiger partial charge in [-0.25, -0.2) is 0 Å². The van der Waals surface area contributed by atoms with Crippen LogP contribution in [0.2, 0.25) is 0 Å². The van der Waals surface area contributed by atoms with E-state index in [4.69, 9.17) is 0 Å². The monoisotopic (exact) mass is 276 g/mol. The number of rotatable bonds is 5. The summed E-state index contributed by atoms with van der Waals surface area (Å²) in [6.45, 7) is 3.78. The fourth-order valence-corrected chi connectivity index (χ4v) is 3.24. The summed E-state index contributed by atoms with van der Waals surface area (Å²) >= 11 is 0. The lowest BCUT2D eigenvalue weighted by molar-refractivity contribution is -0.144. The minimum Gasteiger partial charge on any atom is -0.480 e. The van der Waals surface area contributed by atoms with Gasteiger partial charge in [-0.2, -0.15) is 0 Å². The molecule has 0 unspecified atom stereocenters. The first kappa shape index (κ1) is 15.0. The van der Waals surface area contributed by atoms with Gasteiger partial charge < -0.3 is 10.0 Å². The number of nitrogens with zero attached hydrogens (tertiary/aromatic N) is 2. The molecule has 0 amide bonds. The zero-order valence-electron chi connectivity index (χ0n) is 12.5. The van der Waals surface area contributed by atoms with Gasteiger partial charge in [-0.05, 0) is 45.5 Å². The summed E-state index contributed by atoms with van der Waals surface area (Å²) in [7, 11) is 4.00. The van der Waals surface area contributed by atoms with Crippen LogP contribution in [0.5, 0.6) is 0 Å². The smallest absolute Gasteiger partial charge is 0.321 e. The van der Waals surface area contributed by atoms with Crippen molar-refractivity contribution in [1.29, 1.82) is 0 Å². The molecule has 0 bridgehead atoms. The second-order valence-corrected chi connectivity index (χ2v) is 5.92. The quantitative estimate of drug-likeness (QED) is 0.894. The summed E-state index contributed by atoms with van der Waals surface area (Å²) in [6, 6.07) is 9.91. The number of carboxylic acids is 1. The third-order valence-electron chi connectivity index (χ3n) is 4.19. The van der Waals surface area contributed by atoms with Crippen molar-refractivity contribution in [2.24, 2.45) is 5.92 Å². The van der Waals surface area contributed by atoms with E-state index in [1.54, 1.807) is 0 Å². The van der Waals surface area contributed by atoms with E-state index in [2.05, 4.69) is 28.9 Å². The van der Waals surface area contributed by atoms with E-state index in [-0.39, 0.29) is 18.0 Å². The lowest BCUT2D eigenvalue weighted by Crippen LogP contribution is -2.43. The molecule has 0 aliphatic carbocycles. The Balaban J connectivity index is 2.17.